The quantitative estimate of drug-likeness (QED) is 0.785. The summed E-state index contributed by atoms with van der Waals surface area (Å²) in [6.45, 7) is 2.73. The second kappa shape index (κ2) is 6.05. The SMILES string of the molecule is O=S(=O)(c1ccc(CCl)c(Cl)c1)N1CCN(C2CC2)CC1. The van der Waals surface area contributed by atoms with E-state index in [9.17, 15) is 8.42 Å². The maximum atomic E-state index is 12.6. The second-order valence-electron chi connectivity index (χ2n) is 5.56. The summed E-state index contributed by atoms with van der Waals surface area (Å²) in [6, 6.07) is 5.46. The molecular formula is C14H18Cl2N2O2S. The molecule has 4 nitrogen and oxygen atoms in total. The Morgan fingerprint density at radius 2 is 1.81 bits per heavy atom. The Morgan fingerprint density at radius 1 is 1.14 bits per heavy atom. The summed E-state index contributed by atoms with van der Waals surface area (Å²) < 4.78 is 26.8. The van der Waals surface area contributed by atoms with Crippen LogP contribution in [-0.2, 0) is 15.9 Å². The van der Waals surface area contributed by atoms with Gasteiger partial charge in [0.2, 0.25) is 10.0 Å². The van der Waals surface area contributed by atoms with Crippen LogP contribution < -0.4 is 0 Å². The molecule has 3 rings (SSSR count). The van der Waals surface area contributed by atoms with Crippen molar-refractivity contribution in [3.8, 4) is 0 Å². The van der Waals surface area contributed by atoms with Gasteiger partial charge in [-0.05, 0) is 30.5 Å². The molecule has 0 radical (unpaired) electrons. The van der Waals surface area contributed by atoms with E-state index in [0.29, 0.717) is 24.2 Å². The van der Waals surface area contributed by atoms with Crippen molar-refractivity contribution < 1.29 is 8.42 Å². The average molecular weight is 349 g/mol. The van der Waals surface area contributed by atoms with Crippen LogP contribution in [0.15, 0.2) is 23.1 Å². The summed E-state index contributed by atoms with van der Waals surface area (Å²) >= 11 is 11.8. The molecule has 1 saturated heterocycles. The van der Waals surface area contributed by atoms with Gasteiger partial charge in [-0.15, -0.1) is 11.6 Å². The van der Waals surface area contributed by atoms with Gasteiger partial charge in [0.1, 0.15) is 0 Å². The highest BCUT2D eigenvalue weighted by Crippen LogP contribution is 2.29. The number of halogens is 2. The van der Waals surface area contributed by atoms with E-state index in [1.54, 1.807) is 16.4 Å². The van der Waals surface area contributed by atoms with E-state index in [4.69, 9.17) is 23.2 Å². The Kier molecular flexibility index (Phi) is 4.48. The van der Waals surface area contributed by atoms with Crippen LogP contribution in [0, 0.1) is 0 Å². The van der Waals surface area contributed by atoms with Crippen LogP contribution >= 0.6 is 23.2 Å². The topological polar surface area (TPSA) is 40.6 Å². The highest BCUT2D eigenvalue weighted by molar-refractivity contribution is 7.89. The zero-order chi connectivity index (χ0) is 15.0. The van der Waals surface area contributed by atoms with Crippen LogP contribution in [0.1, 0.15) is 18.4 Å². The Balaban J connectivity index is 1.75. The van der Waals surface area contributed by atoms with Crippen molar-refractivity contribution in [1.29, 1.82) is 0 Å². The van der Waals surface area contributed by atoms with Crippen molar-refractivity contribution in [2.75, 3.05) is 26.2 Å². The fourth-order valence-electron chi connectivity index (χ4n) is 2.69. The van der Waals surface area contributed by atoms with Crippen molar-refractivity contribution in [1.82, 2.24) is 9.21 Å². The van der Waals surface area contributed by atoms with Gasteiger partial charge < -0.3 is 0 Å². The summed E-state index contributed by atoms with van der Waals surface area (Å²) in [5, 5.41) is 0.405. The number of hydrogen-bond acceptors (Lipinski definition) is 3. The Labute approximate surface area is 135 Å². The fourth-order valence-corrected chi connectivity index (χ4v) is 4.76. The molecule has 0 atom stereocenters. The van der Waals surface area contributed by atoms with Crippen molar-refractivity contribution in [2.45, 2.75) is 29.7 Å². The summed E-state index contributed by atoms with van der Waals surface area (Å²) in [4.78, 5) is 2.64. The van der Waals surface area contributed by atoms with Gasteiger partial charge >= 0.3 is 0 Å². The maximum Gasteiger partial charge on any atom is 0.243 e. The average Bonchev–Trinajstić information content (AvgIpc) is 3.32. The highest BCUT2D eigenvalue weighted by Gasteiger charge is 2.34. The Bertz CT molecular complexity index is 624. The fraction of sp³-hybridized carbons (Fsp3) is 0.571. The van der Waals surface area contributed by atoms with Crippen molar-refractivity contribution >= 4 is 33.2 Å². The lowest BCUT2D eigenvalue weighted by Crippen LogP contribution is -2.49. The Hall–Kier alpha value is -0.330. The number of piperazine rings is 1. The standard InChI is InChI=1S/C14H18Cl2N2O2S/c15-10-11-1-4-13(9-14(11)16)21(19,20)18-7-5-17(6-8-18)12-2-3-12/h1,4,9,12H,2-3,5-8,10H2. The third kappa shape index (κ3) is 3.22. The lowest BCUT2D eigenvalue weighted by atomic mass is 10.2. The lowest BCUT2D eigenvalue weighted by molar-refractivity contribution is 0.180. The highest BCUT2D eigenvalue weighted by atomic mass is 35.5. The zero-order valence-corrected chi connectivity index (χ0v) is 14.0. The summed E-state index contributed by atoms with van der Waals surface area (Å²) in [6.07, 6.45) is 2.50. The molecule has 1 aliphatic heterocycles. The predicted molar refractivity (Wildman–Crippen MR) is 84.4 cm³/mol. The van der Waals surface area contributed by atoms with Gasteiger partial charge in [0.05, 0.1) is 4.90 Å². The Morgan fingerprint density at radius 3 is 2.33 bits per heavy atom. The number of rotatable bonds is 4. The molecule has 0 unspecified atom stereocenters. The molecule has 2 fully saturated rings. The molecule has 116 valence electrons. The van der Waals surface area contributed by atoms with Crippen molar-refractivity contribution in [3.63, 3.8) is 0 Å². The van der Waals surface area contributed by atoms with E-state index in [1.165, 1.54) is 18.9 Å². The van der Waals surface area contributed by atoms with Crippen molar-refractivity contribution in [3.05, 3.63) is 28.8 Å². The number of hydrogen-bond donors (Lipinski definition) is 0. The minimum atomic E-state index is -3.46. The van der Waals surface area contributed by atoms with E-state index in [0.717, 1.165) is 18.7 Å². The zero-order valence-electron chi connectivity index (χ0n) is 11.6. The monoisotopic (exact) mass is 348 g/mol. The normalized spacial score (nSPS) is 21.6. The molecule has 1 aromatic carbocycles. The molecule has 0 spiro atoms. The van der Waals surface area contributed by atoms with Crippen molar-refractivity contribution in [2.24, 2.45) is 0 Å². The second-order valence-corrected chi connectivity index (χ2v) is 8.17. The van der Waals surface area contributed by atoms with Crippen LogP contribution in [0.5, 0.6) is 0 Å². The first-order chi connectivity index (χ1) is 10.0. The molecule has 7 heteroatoms. The number of nitrogens with zero attached hydrogens (tertiary/aromatic N) is 2. The van der Waals surface area contributed by atoms with Crippen LogP contribution in [-0.4, -0.2) is 49.8 Å². The predicted octanol–water partition coefficient (Wildman–Crippen LogP) is 2.55. The molecule has 1 aliphatic carbocycles. The van der Waals surface area contributed by atoms with E-state index in [-0.39, 0.29) is 10.8 Å². The van der Waals surface area contributed by atoms with Gasteiger partial charge in [0.15, 0.2) is 0 Å². The molecule has 0 N–H and O–H groups in total. The van der Waals surface area contributed by atoms with Gasteiger partial charge in [0, 0.05) is 43.1 Å². The molecular weight excluding hydrogens is 331 g/mol. The van der Waals surface area contributed by atoms with E-state index < -0.39 is 10.0 Å². The minimum Gasteiger partial charge on any atom is -0.298 e. The molecule has 1 heterocycles. The molecule has 0 amide bonds. The van der Waals surface area contributed by atoms with Gasteiger partial charge in [0.25, 0.3) is 0 Å². The first kappa shape index (κ1) is 15.6. The molecule has 0 bridgehead atoms. The molecule has 21 heavy (non-hydrogen) atoms. The smallest absolute Gasteiger partial charge is 0.243 e. The molecule has 1 saturated carbocycles. The van der Waals surface area contributed by atoms with Gasteiger partial charge in [-0.3, -0.25) is 4.90 Å². The van der Waals surface area contributed by atoms with Crippen LogP contribution in [0.25, 0.3) is 0 Å². The van der Waals surface area contributed by atoms with E-state index >= 15 is 0 Å². The number of sulfonamides is 1. The number of benzene rings is 1. The summed E-state index contributed by atoms with van der Waals surface area (Å²) in [5.41, 5.74) is 0.746. The summed E-state index contributed by atoms with van der Waals surface area (Å²) in [5.74, 6) is 0.277. The lowest BCUT2D eigenvalue weighted by Gasteiger charge is -2.34. The van der Waals surface area contributed by atoms with Gasteiger partial charge in [-0.25, -0.2) is 8.42 Å². The third-order valence-electron chi connectivity index (χ3n) is 4.14. The van der Waals surface area contributed by atoms with E-state index in [1.807, 2.05) is 0 Å². The summed E-state index contributed by atoms with van der Waals surface area (Å²) in [7, 11) is -3.46. The minimum absolute atomic E-state index is 0.251. The van der Waals surface area contributed by atoms with Crippen LogP contribution in [0.3, 0.4) is 0 Å². The largest absolute Gasteiger partial charge is 0.298 e. The molecule has 2 aliphatic rings. The molecule has 0 aromatic heterocycles. The van der Waals surface area contributed by atoms with Crippen LogP contribution in [0.2, 0.25) is 5.02 Å². The van der Waals surface area contributed by atoms with Gasteiger partial charge in [-0.1, -0.05) is 17.7 Å². The van der Waals surface area contributed by atoms with E-state index in [2.05, 4.69) is 4.90 Å². The third-order valence-corrected chi connectivity index (χ3v) is 6.68. The number of alkyl halides is 1. The molecule has 1 aromatic rings. The van der Waals surface area contributed by atoms with Gasteiger partial charge in [-0.2, -0.15) is 4.31 Å². The first-order valence-corrected chi connectivity index (χ1v) is 9.46. The van der Waals surface area contributed by atoms with Crippen LogP contribution in [0.4, 0.5) is 0 Å². The first-order valence-electron chi connectivity index (χ1n) is 7.11. The maximum absolute atomic E-state index is 12.6.